The number of carbonyl (C=O) groups is 1. The van der Waals surface area contributed by atoms with Gasteiger partial charge in [0.25, 0.3) is 0 Å². The highest BCUT2D eigenvalue weighted by atomic mass is 16.5. The number of nitrogens with one attached hydrogen (secondary N) is 1. The van der Waals surface area contributed by atoms with Gasteiger partial charge in [-0.15, -0.1) is 0 Å². The molecule has 1 saturated carbocycles. The number of nitrogens with two attached hydrogens (primary N) is 1. The van der Waals surface area contributed by atoms with Gasteiger partial charge in [0, 0.05) is 25.0 Å². The summed E-state index contributed by atoms with van der Waals surface area (Å²) in [6.45, 7) is 6.92. The Morgan fingerprint density at radius 2 is 2.14 bits per heavy atom. The first-order valence-electron chi connectivity index (χ1n) is 7.72. The Morgan fingerprint density at radius 1 is 1.45 bits per heavy atom. The molecule has 0 heterocycles. The minimum atomic E-state index is -0.901. The van der Waals surface area contributed by atoms with Crippen LogP contribution in [0.3, 0.4) is 0 Å². The number of rotatable bonds is 6. The van der Waals surface area contributed by atoms with Crippen LogP contribution in [0.1, 0.15) is 38.3 Å². The average molecular weight is 306 g/mol. The molecule has 1 aromatic carbocycles. The van der Waals surface area contributed by atoms with Crippen molar-refractivity contribution in [2.45, 2.75) is 52.0 Å². The number of hydrogen-bond donors (Lipinski definition) is 3. The molecule has 0 saturated heterocycles. The van der Waals surface area contributed by atoms with E-state index in [1.54, 1.807) is 0 Å². The molecule has 1 aliphatic rings. The first-order chi connectivity index (χ1) is 10.3. The van der Waals surface area contributed by atoms with Crippen molar-refractivity contribution in [3.63, 3.8) is 0 Å². The van der Waals surface area contributed by atoms with Crippen molar-refractivity contribution < 1.29 is 14.6 Å². The first-order valence-corrected chi connectivity index (χ1v) is 7.72. The van der Waals surface area contributed by atoms with E-state index >= 15 is 0 Å². The largest absolute Gasteiger partial charge is 0.392 e. The zero-order chi connectivity index (χ0) is 16.4. The summed E-state index contributed by atoms with van der Waals surface area (Å²) in [6, 6.07) is 7.50. The summed E-state index contributed by atoms with van der Waals surface area (Å²) < 4.78 is 5.64. The molecule has 1 fully saturated rings. The van der Waals surface area contributed by atoms with Gasteiger partial charge in [-0.05, 0) is 18.1 Å². The predicted molar refractivity (Wildman–Crippen MR) is 84.9 cm³/mol. The van der Waals surface area contributed by atoms with E-state index in [1.165, 1.54) is 0 Å². The van der Waals surface area contributed by atoms with Crippen LogP contribution in [0.2, 0.25) is 0 Å². The van der Waals surface area contributed by atoms with Crippen molar-refractivity contribution in [1.82, 2.24) is 5.32 Å². The standard InChI is InChI=1S/C17H26N2O3/c1-4-22-14-9-17(18,16(14,2)3)15(21)19-10-12-6-5-7-13(8-12)11-20/h5-8,14,20H,4,9-11,18H2,1-3H3,(H,19,21). The Labute approximate surface area is 131 Å². The van der Waals surface area contributed by atoms with E-state index in [0.29, 0.717) is 19.6 Å². The molecule has 0 bridgehead atoms. The summed E-state index contributed by atoms with van der Waals surface area (Å²) in [4.78, 5) is 12.5. The highest BCUT2D eigenvalue weighted by Gasteiger charge is 2.62. The minimum absolute atomic E-state index is 0.00825. The maximum absolute atomic E-state index is 12.5. The van der Waals surface area contributed by atoms with Crippen LogP contribution in [0.5, 0.6) is 0 Å². The predicted octanol–water partition coefficient (Wildman–Crippen LogP) is 1.33. The molecule has 0 radical (unpaired) electrons. The summed E-state index contributed by atoms with van der Waals surface area (Å²) in [5.74, 6) is -0.150. The van der Waals surface area contributed by atoms with Gasteiger partial charge in [-0.3, -0.25) is 4.79 Å². The zero-order valence-electron chi connectivity index (χ0n) is 13.6. The van der Waals surface area contributed by atoms with Crippen LogP contribution in [0.25, 0.3) is 0 Å². The third kappa shape index (κ3) is 2.89. The highest BCUT2D eigenvalue weighted by molar-refractivity contribution is 5.88. The number of amides is 1. The number of carbonyl (C=O) groups excluding carboxylic acids is 1. The summed E-state index contributed by atoms with van der Waals surface area (Å²) in [5.41, 5.74) is 6.82. The summed E-state index contributed by atoms with van der Waals surface area (Å²) in [7, 11) is 0. The lowest BCUT2D eigenvalue weighted by atomic mass is 9.54. The number of benzene rings is 1. The number of aliphatic hydroxyl groups excluding tert-OH is 1. The maximum Gasteiger partial charge on any atom is 0.241 e. The van der Waals surface area contributed by atoms with Crippen LogP contribution in [-0.2, 0) is 22.7 Å². The van der Waals surface area contributed by atoms with Gasteiger partial charge in [-0.25, -0.2) is 0 Å². The Kier molecular flexibility index (Phi) is 4.90. The van der Waals surface area contributed by atoms with Crippen LogP contribution in [0.15, 0.2) is 24.3 Å². The van der Waals surface area contributed by atoms with Crippen LogP contribution >= 0.6 is 0 Å². The third-order valence-electron chi connectivity index (χ3n) is 4.86. The number of aliphatic hydroxyl groups is 1. The van der Waals surface area contributed by atoms with Gasteiger partial charge in [0.1, 0.15) is 5.54 Å². The van der Waals surface area contributed by atoms with Gasteiger partial charge < -0.3 is 20.9 Å². The second kappa shape index (κ2) is 6.36. The molecule has 5 heteroatoms. The molecule has 2 rings (SSSR count). The Morgan fingerprint density at radius 3 is 2.73 bits per heavy atom. The van der Waals surface area contributed by atoms with E-state index in [4.69, 9.17) is 15.6 Å². The van der Waals surface area contributed by atoms with Crippen LogP contribution in [-0.4, -0.2) is 29.3 Å². The molecule has 0 spiro atoms. The summed E-state index contributed by atoms with van der Waals surface area (Å²) >= 11 is 0. The van der Waals surface area contributed by atoms with Gasteiger partial charge in [-0.2, -0.15) is 0 Å². The van der Waals surface area contributed by atoms with E-state index in [1.807, 2.05) is 45.0 Å². The molecule has 0 aliphatic heterocycles. The van der Waals surface area contributed by atoms with Crippen molar-refractivity contribution in [3.05, 3.63) is 35.4 Å². The monoisotopic (exact) mass is 306 g/mol. The summed E-state index contributed by atoms with van der Waals surface area (Å²) in [5, 5.41) is 12.1. The molecular weight excluding hydrogens is 280 g/mol. The smallest absolute Gasteiger partial charge is 0.241 e. The van der Waals surface area contributed by atoms with E-state index in [2.05, 4.69) is 5.32 Å². The first kappa shape index (κ1) is 16.9. The topological polar surface area (TPSA) is 84.6 Å². The average Bonchev–Trinajstić information content (AvgIpc) is 2.52. The van der Waals surface area contributed by atoms with E-state index in [0.717, 1.165) is 11.1 Å². The van der Waals surface area contributed by atoms with Crippen molar-refractivity contribution >= 4 is 5.91 Å². The normalized spacial score (nSPS) is 26.3. The van der Waals surface area contributed by atoms with Crippen molar-refractivity contribution in [1.29, 1.82) is 0 Å². The third-order valence-corrected chi connectivity index (χ3v) is 4.86. The molecule has 0 aromatic heterocycles. The number of ether oxygens (including phenoxy) is 1. The lowest BCUT2D eigenvalue weighted by molar-refractivity contribution is -0.170. The van der Waals surface area contributed by atoms with Gasteiger partial charge in [0.05, 0.1) is 12.7 Å². The van der Waals surface area contributed by atoms with Crippen molar-refractivity contribution in [2.75, 3.05) is 6.61 Å². The molecular formula is C17H26N2O3. The quantitative estimate of drug-likeness (QED) is 0.740. The van der Waals surface area contributed by atoms with E-state index in [9.17, 15) is 4.79 Å². The molecule has 5 nitrogen and oxygen atoms in total. The van der Waals surface area contributed by atoms with Gasteiger partial charge in [-0.1, -0.05) is 38.1 Å². The van der Waals surface area contributed by atoms with Crippen LogP contribution in [0, 0.1) is 5.41 Å². The Bertz CT molecular complexity index is 544. The molecule has 4 N–H and O–H groups in total. The molecule has 1 aliphatic carbocycles. The highest BCUT2D eigenvalue weighted by Crippen LogP contribution is 2.49. The second-order valence-electron chi connectivity index (χ2n) is 6.50. The van der Waals surface area contributed by atoms with Gasteiger partial charge in [0.2, 0.25) is 5.91 Å². The fourth-order valence-corrected chi connectivity index (χ4v) is 3.00. The second-order valence-corrected chi connectivity index (χ2v) is 6.50. The molecule has 2 unspecified atom stereocenters. The SMILES string of the molecule is CCOC1CC(N)(C(=O)NCc2cccc(CO)c2)C1(C)C. The molecule has 2 atom stereocenters. The molecule has 122 valence electrons. The van der Waals surface area contributed by atoms with Gasteiger partial charge >= 0.3 is 0 Å². The molecule has 1 aromatic rings. The Hall–Kier alpha value is -1.43. The Balaban J connectivity index is 1.98. The fraction of sp³-hybridized carbons (Fsp3) is 0.588. The van der Waals surface area contributed by atoms with Crippen molar-refractivity contribution in [3.8, 4) is 0 Å². The lowest BCUT2D eigenvalue weighted by Gasteiger charge is -2.57. The molecule has 1 amide bonds. The fourth-order valence-electron chi connectivity index (χ4n) is 3.00. The van der Waals surface area contributed by atoms with Crippen LogP contribution < -0.4 is 11.1 Å². The van der Waals surface area contributed by atoms with Gasteiger partial charge in [0.15, 0.2) is 0 Å². The van der Waals surface area contributed by atoms with E-state index < -0.39 is 5.54 Å². The van der Waals surface area contributed by atoms with Crippen LogP contribution in [0.4, 0.5) is 0 Å². The summed E-state index contributed by atoms with van der Waals surface area (Å²) in [6.07, 6.45) is 0.557. The maximum atomic E-state index is 12.5. The van der Waals surface area contributed by atoms with Crippen molar-refractivity contribution in [2.24, 2.45) is 11.1 Å². The number of hydrogen-bond acceptors (Lipinski definition) is 4. The lowest BCUT2D eigenvalue weighted by Crippen LogP contribution is -2.75. The minimum Gasteiger partial charge on any atom is -0.392 e. The van der Waals surface area contributed by atoms with E-state index in [-0.39, 0.29) is 24.0 Å². The molecule has 22 heavy (non-hydrogen) atoms. The zero-order valence-corrected chi connectivity index (χ0v) is 13.6.